The lowest BCUT2D eigenvalue weighted by Gasteiger charge is -2.17. The van der Waals surface area contributed by atoms with Gasteiger partial charge in [0.15, 0.2) is 0 Å². The normalized spacial score (nSPS) is 12.2. The molecular formula is C13H17Cl2NO. The van der Waals surface area contributed by atoms with Crippen molar-refractivity contribution in [3.63, 3.8) is 0 Å². The first-order chi connectivity index (χ1) is 7.99. The average Bonchev–Trinajstić information content (AvgIpc) is 2.25. The van der Waals surface area contributed by atoms with E-state index < -0.39 is 0 Å². The first-order valence-corrected chi connectivity index (χ1v) is 6.43. The van der Waals surface area contributed by atoms with E-state index in [1.165, 1.54) is 0 Å². The second kappa shape index (κ2) is 6.87. The van der Waals surface area contributed by atoms with Crippen LogP contribution in [-0.4, -0.2) is 29.8 Å². The number of hydrogen-bond donors (Lipinski definition) is 0. The first-order valence-electron chi connectivity index (χ1n) is 5.61. The fourth-order valence-electron chi connectivity index (χ4n) is 1.45. The molecule has 0 aromatic heterocycles. The molecule has 1 amide bonds. The van der Waals surface area contributed by atoms with Crippen LogP contribution in [0.5, 0.6) is 0 Å². The van der Waals surface area contributed by atoms with Crippen molar-refractivity contribution >= 4 is 29.1 Å². The van der Waals surface area contributed by atoms with Crippen LogP contribution in [0.2, 0.25) is 5.02 Å². The Morgan fingerprint density at radius 2 is 2.18 bits per heavy atom. The van der Waals surface area contributed by atoms with Gasteiger partial charge in [0.2, 0.25) is 5.91 Å². The van der Waals surface area contributed by atoms with Gasteiger partial charge in [-0.3, -0.25) is 4.79 Å². The van der Waals surface area contributed by atoms with Gasteiger partial charge in [-0.1, -0.05) is 23.7 Å². The highest BCUT2D eigenvalue weighted by atomic mass is 35.5. The van der Waals surface area contributed by atoms with E-state index in [-0.39, 0.29) is 11.3 Å². The number of carbonyl (C=O) groups is 1. The highest BCUT2D eigenvalue weighted by Crippen LogP contribution is 2.12. The molecule has 4 heteroatoms. The van der Waals surface area contributed by atoms with E-state index in [1.807, 2.05) is 25.1 Å². The van der Waals surface area contributed by atoms with Gasteiger partial charge in [-0.15, -0.1) is 11.6 Å². The van der Waals surface area contributed by atoms with Crippen LogP contribution in [0, 0.1) is 0 Å². The van der Waals surface area contributed by atoms with Crippen LogP contribution in [0.15, 0.2) is 24.3 Å². The maximum atomic E-state index is 11.9. The third-order valence-electron chi connectivity index (χ3n) is 2.53. The molecule has 1 unspecified atom stereocenters. The molecule has 0 aliphatic carbocycles. The monoisotopic (exact) mass is 273 g/mol. The molecule has 0 aliphatic rings. The van der Waals surface area contributed by atoms with Gasteiger partial charge in [-0.2, -0.15) is 0 Å². The van der Waals surface area contributed by atoms with Gasteiger partial charge in [0, 0.05) is 24.0 Å². The zero-order chi connectivity index (χ0) is 12.8. The summed E-state index contributed by atoms with van der Waals surface area (Å²) in [5.41, 5.74) is 0.938. The van der Waals surface area contributed by atoms with E-state index in [2.05, 4.69) is 0 Å². The summed E-state index contributed by atoms with van der Waals surface area (Å²) in [5, 5.41) is 0.753. The Morgan fingerprint density at radius 3 is 2.76 bits per heavy atom. The minimum atomic E-state index is 0.0876. The van der Waals surface area contributed by atoms with Crippen molar-refractivity contribution < 1.29 is 4.79 Å². The summed E-state index contributed by atoms with van der Waals surface area (Å²) < 4.78 is 0. The summed E-state index contributed by atoms with van der Waals surface area (Å²) in [6.07, 6.45) is 1.19. The topological polar surface area (TPSA) is 20.3 Å². The van der Waals surface area contributed by atoms with Gasteiger partial charge in [0.1, 0.15) is 0 Å². The summed E-state index contributed by atoms with van der Waals surface area (Å²) in [4.78, 5) is 13.6. The van der Waals surface area contributed by atoms with Gasteiger partial charge in [-0.25, -0.2) is 0 Å². The molecule has 0 aliphatic heterocycles. The van der Waals surface area contributed by atoms with Gasteiger partial charge in [-0.05, 0) is 31.0 Å². The molecule has 0 spiro atoms. The van der Waals surface area contributed by atoms with Crippen LogP contribution < -0.4 is 0 Å². The van der Waals surface area contributed by atoms with E-state index in [1.54, 1.807) is 18.0 Å². The fraction of sp³-hybridized carbons (Fsp3) is 0.462. The highest BCUT2D eigenvalue weighted by Gasteiger charge is 2.10. The predicted octanol–water partition coefficient (Wildman–Crippen LogP) is 3.36. The Morgan fingerprint density at radius 1 is 1.47 bits per heavy atom. The van der Waals surface area contributed by atoms with Crippen molar-refractivity contribution in [3.8, 4) is 0 Å². The Labute approximate surface area is 113 Å². The molecule has 94 valence electrons. The number of likely N-dealkylation sites (N-methyl/N-ethyl adjacent to an activating group) is 1. The van der Waals surface area contributed by atoms with Crippen molar-refractivity contribution in [2.45, 2.75) is 25.1 Å². The highest BCUT2D eigenvalue weighted by molar-refractivity contribution is 6.30. The van der Waals surface area contributed by atoms with Crippen LogP contribution in [-0.2, 0) is 11.2 Å². The fourth-order valence-corrected chi connectivity index (χ4v) is 1.76. The molecule has 1 rings (SSSR count). The zero-order valence-corrected chi connectivity index (χ0v) is 11.6. The second-order valence-electron chi connectivity index (χ2n) is 4.19. The summed E-state index contributed by atoms with van der Waals surface area (Å²) >= 11 is 11.7. The number of nitrogens with zero attached hydrogens (tertiary/aromatic N) is 1. The van der Waals surface area contributed by atoms with Gasteiger partial charge in [0.25, 0.3) is 0 Å². The molecule has 1 aromatic carbocycles. The Balaban J connectivity index is 2.48. The molecule has 0 radical (unpaired) electrons. The first kappa shape index (κ1) is 14.3. The SMILES string of the molecule is CC(Cl)CCN(C)C(=O)Cc1cccc(Cl)c1. The number of alkyl halides is 1. The standard InChI is InChI=1S/C13H17Cl2NO/c1-10(14)6-7-16(2)13(17)9-11-4-3-5-12(15)8-11/h3-5,8,10H,6-7,9H2,1-2H3. The molecule has 0 bridgehead atoms. The van der Waals surface area contributed by atoms with Crippen LogP contribution in [0.25, 0.3) is 0 Å². The Bertz CT molecular complexity index is 379. The number of benzene rings is 1. The lowest BCUT2D eigenvalue weighted by atomic mass is 10.1. The molecular weight excluding hydrogens is 257 g/mol. The van der Waals surface area contributed by atoms with E-state index >= 15 is 0 Å². The van der Waals surface area contributed by atoms with Crippen LogP contribution >= 0.6 is 23.2 Å². The second-order valence-corrected chi connectivity index (χ2v) is 5.37. The smallest absolute Gasteiger partial charge is 0.226 e. The number of hydrogen-bond acceptors (Lipinski definition) is 1. The van der Waals surface area contributed by atoms with Crippen molar-refractivity contribution in [2.75, 3.05) is 13.6 Å². The van der Waals surface area contributed by atoms with E-state index in [4.69, 9.17) is 23.2 Å². The molecule has 1 atom stereocenters. The third kappa shape index (κ3) is 5.42. The Kier molecular flexibility index (Phi) is 5.79. The predicted molar refractivity (Wildman–Crippen MR) is 72.7 cm³/mol. The quantitative estimate of drug-likeness (QED) is 0.754. The van der Waals surface area contributed by atoms with Crippen molar-refractivity contribution in [2.24, 2.45) is 0 Å². The maximum Gasteiger partial charge on any atom is 0.226 e. The average molecular weight is 274 g/mol. The number of halogens is 2. The van der Waals surface area contributed by atoms with Gasteiger partial charge < -0.3 is 4.90 Å². The zero-order valence-electron chi connectivity index (χ0n) is 10.1. The lowest BCUT2D eigenvalue weighted by Crippen LogP contribution is -2.30. The van der Waals surface area contributed by atoms with Crippen molar-refractivity contribution in [3.05, 3.63) is 34.9 Å². The van der Waals surface area contributed by atoms with E-state index in [0.717, 1.165) is 12.0 Å². The van der Waals surface area contributed by atoms with Crippen LogP contribution in [0.4, 0.5) is 0 Å². The number of amides is 1. The molecule has 0 saturated carbocycles. The van der Waals surface area contributed by atoms with Crippen molar-refractivity contribution in [1.82, 2.24) is 4.90 Å². The minimum Gasteiger partial charge on any atom is -0.345 e. The maximum absolute atomic E-state index is 11.9. The van der Waals surface area contributed by atoms with E-state index in [9.17, 15) is 4.79 Å². The van der Waals surface area contributed by atoms with Gasteiger partial charge in [0.05, 0.1) is 6.42 Å². The number of carbonyl (C=O) groups excluding carboxylic acids is 1. The lowest BCUT2D eigenvalue weighted by molar-refractivity contribution is -0.129. The molecule has 17 heavy (non-hydrogen) atoms. The summed E-state index contributed by atoms with van der Waals surface area (Å²) in [5.74, 6) is 0.0876. The van der Waals surface area contributed by atoms with Crippen LogP contribution in [0.1, 0.15) is 18.9 Å². The Hall–Kier alpha value is -0.730. The van der Waals surface area contributed by atoms with E-state index in [0.29, 0.717) is 18.0 Å². The molecule has 0 heterocycles. The number of rotatable bonds is 5. The van der Waals surface area contributed by atoms with Crippen LogP contribution in [0.3, 0.4) is 0 Å². The largest absolute Gasteiger partial charge is 0.345 e. The summed E-state index contributed by atoms with van der Waals surface area (Å²) in [7, 11) is 1.80. The molecule has 2 nitrogen and oxygen atoms in total. The third-order valence-corrected chi connectivity index (χ3v) is 2.99. The summed E-state index contributed by atoms with van der Waals surface area (Å²) in [6.45, 7) is 2.61. The minimum absolute atomic E-state index is 0.0876. The molecule has 0 N–H and O–H groups in total. The van der Waals surface area contributed by atoms with Crippen molar-refractivity contribution in [1.29, 1.82) is 0 Å². The molecule has 0 saturated heterocycles. The van der Waals surface area contributed by atoms with Gasteiger partial charge >= 0.3 is 0 Å². The molecule has 1 aromatic rings. The molecule has 0 fully saturated rings. The summed E-state index contributed by atoms with van der Waals surface area (Å²) in [6, 6.07) is 7.37.